The first-order valence-electron chi connectivity index (χ1n) is 9.66. The van der Waals surface area contributed by atoms with Gasteiger partial charge in [-0.2, -0.15) is 0 Å². The molecule has 7 heteroatoms. The zero-order chi connectivity index (χ0) is 19.8. The van der Waals surface area contributed by atoms with E-state index in [0.717, 1.165) is 41.2 Å². The maximum atomic E-state index is 12.9. The lowest BCUT2D eigenvalue weighted by atomic mass is 9.85. The van der Waals surface area contributed by atoms with Crippen LogP contribution in [0.2, 0.25) is 0 Å². The van der Waals surface area contributed by atoms with Crippen molar-refractivity contribution in [2.75, 3.05) is 0 Å². The Labute approximate surface area is 168 Å². The van der Waals surface area contributed by atoms with E-state index in [2.05, 4.69) is 4.98 Å². The predicted octanol–water partition coefficient (Wildman–Crippen LogP) is 3.99. The van der Waals surface area contributed by atoms with Crippen LogP contribution in [0.15, 0.2) is 29.6 Å². The number of benzene rings is 1. The molecule has 4 rings (SSSR count). The summed E-state index contributed by atoms with van der Waals surface area (Å²) in [7, 11) is 0. The van der Waals surface area contributed by atoms with Gasteiger partial charge in [0.05, 0.1) is 12.2 Å². The zero-order valence-corrected chi connectivity index (χ0v) is 16.9. The molecule has 1 aromatic heterocycles. The average Bonchev–Trinajstić information content (AvgIpc) is 3.23. The molecule has 0 unspecified atom stereocenters. The second-order valence-corrected chi connectivity index (χ2v) is 8.55. The van der Waals surface area contributed by atoms with Gasteiger partial charge in [0.1, 0.15) is 5.01 Å². The molecule has 0 spiro atoms. The number of urea groups is 1. The predicted molar refractivity (Wildman–Crippen MR) is 106 cm³/mol. The Morgan fingerprint density at radius 3 is 2.50 bits per heavy atom. The number of hydrogen-bond acceptors (Lipinski definition) is 5. The van der Waals surface area contributed by atoms with E-state index in [-0.39, 0.29) is 18.5 Å². The quantitative estimate of drug-likeness (QED) is 0.578. The molecule has 1 aromatic carbocycles. The smallest absolute Gasteiger partial charge is 0.263 e. The number of carbonyl (C=O) groups is 3. The summed E-state index contributed by atoms with van der Waals surface area (Å²) in [6, 6.07) is 7.36. The lowest BCUT2D eigenvalue weighted by Crippen LogP contribution is -2.46. The summed E-state index contributed by atoms with van der Waals surface area (Å²) in [5, 5.41) is 2.67. The maximum absolute atomic E-state index is 12.9. The van der Waals surface area contributed by atoms with E-state index in [9.17, 15) is 14.4 Å². The van der Waals surface area contributed by atoms with Gasteiger partial charge in [0, 0.05) is 17.0 Å². The molecule has 2 aliphatic rings. The highest BCUT2D eigenvalue weighted by Crippen LogP contribution is 2.32. The molecule has 2 fully saturated rings. The molecule has 1 aliphatic heterocycles. The van der Waals surface area contributed by atoms with Crippen molar-refractivity contribution in [3.8, 4) is 10.6 Å². The molecular weight excluding hydrogens is 374 g/mol. The molecule has 0 bridgehead atoms. The first-order chi connectivity index (χ1) is 13.5. The molecule has 6 nitrogen and oxygen atoms in total. The number of nitrogens with zero attached hydrogens (tertiary/aromatic N) is 3. The molecule has 0 radical (unpaired) electrons. The third kappa shape index (κ3) is 3.35. The molecule has 2 heterocycles. The van der Waals surface area contributed by atoms with Gasteiger partial charge in [-0.05, 0) is 25.7 Å². The second kappa shape index (κ2) is 7.47. The van der Waals surface area contributed by atoms with Crippen LogP contribution in [0.25, 0.3) is 10.6 Å². The van der Waals surface area contributed by atoms with Gasteiger partial charge in [0.2, 0.25) is 0 Å². The largest absolute Gasteiger partial charge is 0.334 e. The summed E-state index contributed by atoms with van der Waals surface area (Å²) >= 11 is 1.47. The molecule has 0 N–H and O–H groups in total. The summed E-state index contributed by atoms with van der Waals surface area (Å²) in [6.07, 6.45) is 3.83. The highest BCUT2D eigenvalue weighted by Gasteiger charge is 2.49. The van der Waals surface area contributed by atoms with Crippen molar-refractivity contribution in [2.24, 2.45) is 5.92 Å². The second-order valence-electron chi connectivity index (χ2n) is 7.69. The molecule has 1 saturated heterocycles. The van der Waals surface area contributed by atoms with Crippen LogP contribution < -0.4 is 0 Å². The minimum atomic E-state index is -0.743. The van der Waals surface area contributed by atoms with Crippen LogP contribution in [-0.2, 0) is 16.1 Å². The van der Waals surface area contributed by atoms with Gasteiger partial charge in [-0.25, -0.2) is 14.7 Å². The van der Waals surface area contributed by atoms with E-state index < -0.39 is 17.8 Å². The van der Waals surface area contributed by atoms with E-state index in [1.807, 2.05) is 43.5 Å². The van der Waals surface area contributed by atoms with Gasteiger partial charge < -0.3 is 0 Å². The van der Waals surface area contributed by atoms with Gasteiger partial charge in [0.25, 0.3) is 0 Å². The number of carbonyl (C=O) groups excluding carboxylic acids is 3. The number of imide groups is 2. The lowest BCUT2D eigenvalue weighted by molar-refractivity contribution is -0.144. The van der Waals surface area contributed by atoms with Crippen LogP contribution in [0.5, 0.6) is 0 Å². The van der Waals surface area contributed by atoms with Crippen LogP contribution >= 0.6 is 11.3 Å². The topological polar surface area (TPSA) is 70.6 Å². The van der Waals surface area contributed by atoms with Crippen molar-refractivity contribution in [3.05, 3.63) is 40.9 Å². The highest BCUT2D eigenvalue weighted by atomic mass is 32.1. The Morgan fingerprint density at radius 1 is 1.07 bits per heavy atom. The average molecular weight is 398 g/mol. The fraction of sp³-hybridized carbons (Fsp3) is 0.429. The first-order valence-corrected chi connectivity index (χ1v) is 10.5. The summed E-state index contributed by atoms with van der Waals surface area (Å²) < 4.78 is 0. The van der Waals surface area contributed by atoms with Crippen LogP contribution in [0.4, 0.5) is 4.79 Å². The van der Waals surface area contributed by atoms with Crippen LogP contribution in [0.1, 0.15) is 43.9 Å². The fourth-order valence-corrected chi connectivity index (χ4v) is 4.82. The molecule has 4 amide bonds. The lowest BCUT2D eigenvalue weighted by Gasteiger charge is -2.34. The Bertz CT molecular complexity index is 921. The van der Waals surface area contributed by atoms with E-state index in [1.54, 1.807) is 0 Å². The van der Waals surface area contributed by atoms with Gasteiger partial charge >= 0.3 is 17.8 Å². The minimum absolute atomic E-state index is 0.0311. The maximum Gasteiger partial charge on any atom is 0.334 e. The van der Waals surface area contributed by atoms with Crippen LogP contribution in [0.3, 0.4) is 0 Å². The normalized spacial score (nSPS) is 23.0. The minimum Gasteiger partial charge on any atom is -0.263 e. The van der Waals surface area contributed by atoms with Crippen molar-refractivity contribution < 1.29 is 14.4 Å². The Kier molecular flexibility index (Phi) is 5.02. The summed E-state index contributed by atoms with van der Waals surface area (Å²) in [5.74, 6) is -1.22. The van der Waals surface area contributed by atoms with Crippen molar-refractivity contribution >= 4 is 29.2 Å². The SMILES string of the molecule is Cc1ccc(-c2nc(CN3C(=O)C(=O)N([C@H]4CCCC[C@H]4C)C3=O)cs2)cc1. The van der Waals surface area contributed by atoms with Crippen LogP contribution in [-0.4, -0.2) is 38.7 Å². The molecule has 146 valence electrons. The third-order valence-electron chi connectivity index (χ3n) is 5.65. The van der Waals surface area contributed by atoms with E-state index in [4.69, 9.17) is 0 Å². The van der Waals surface area contributed by atoms with Gasteiger partial charge in [-0.15, -0.1) is 11.3 Å². The van der Waals surface area contributed by atoms with E-state index in [0.29, 0.717) is 5.69 Å². The third-order valence-corrected chi connectivity index (χ3v) is 6.59. The number of rotatable bonds is 4. The monoisotopic (exact) mass is 397 g/mol. The van der Waals surface area contributed by atoms with Crippen LogP contribution in [0, 0.1) is 12.8 Å². The number of aromatic nitrogens is 1. The molecule has 28 heavy (non-hydrogen) atoms. The molecular formula is C21H23N3O3S. The number of amides is 4. The fourth-order valence-electron chi connectivity index (χ4n) is 4.00. The zero-order valence-electron chi connectivity index (χ0n) is 16.1. The Hall–Kier alpha value is -2.54. The molecule has 2 atom stereocenters. The Morgan fingerprint density at radius 2 is 1.79 bits per heavy atom. The van der Waals surface area contributed by atoms with E-state index in [1.165, 1.54) is 21.8 Å². The van der Waals surface area contributed by atoms with Gasteiger partial charge in [0.15, 0.2) is 0 Å². The molecule has 2 aromatic rings. The summed E-state index contributed by atoms with van der Waals surface area (Å²) in [5.41, 5.74) is 2.78. The molecule has 1 saturated carbocycles. The van der Waals surface area contributed by atoms with Crippen molar-refractivity contribution in [1.82, 2.24) is 14.8 Å². The number of aryl methyl sites for hydroxylation is 1. The number of thiazole rings is 1. The van der Waals surface area contributed by atoms with Gasteiger partial charge in [-0.1, -0.05) is 49.6 Å². The Balaban J connectivity index is 1.52. The molecule has 1 aliphatic carbocycles. The van der Waals surface area contributed by atoms with E-state index >= 15 is 0 Å². The van der Waals surface area contributed by atoms with Crippen molar-refractivity contribution in [3.63, 3.8) is 0 Å². The summed E-state index contributed by atoms with van der Waals surface area (Å²) in [6.45, 7) is 4.10. The summed E-state index contributed by atoms with van der Waals surface area (Å²) in [4.78, 5) is 44.7. The van der Waals surface area contributed by atoms with Crippen molar-refractivity contribution in [2.45, 2.75) is 52.1 Å². The number of hydrogen-bond donors (Lipinski definition) is 0. The highest BCUT2D eigenvalue weighted by molar-refractivity contribution is 7.13. The first kappa shape index (κ1) is 18.8. The van der Waals surface area contributed by atoms with Crippen molar-refractivity contribution in [1.29, 1.82) is 0 Å². The van der Waals surface area contributed by atoms with Gasteiger partial charge in [-0.3, -0.25) is 14.5 Å². The standard InChI is InChI=1S/C21H23N3O3S/c1-13-7-9-15(10-8-13)18-22-16(12-28-18)11-23-19(25)20(26)24(21(23)27)17-6-4-3-5-14(17)2/h7-10,12,14,17H,3-6,11H2,1-2H3/t14-,17+/m1/s1.